The number of hydrogen-bond donors (Lipinski definition) is 6. The second-order valence-corrected chi connectivity index (χ2v) is 22.3. The maximum atomic E-state index is 14.2. The average Bonchev–Trinajstić information content (AvgIpc) is 3.89. The third-order valence-corrected chi connectivity index (χ3v) is 14.3. The number of carbonyl (C=O) groups is 4. The SMILES string of the molecule is CCC(C)(CC(C)(CC(C)(CC(C)(C)C(=O)OC1CC2CC1C1CCCC21)C(=O)OCCOCCCSc1nc(=S)[nH]c(=O)[nH]1)C(=O)O)C(=O)OC(C)(C)C.O=c1[nH]c(=S)[nH]c(=S)[nH]1. The summed E-state index contributed by atoms with van der Waals surface area (Å²) in [6, 6.07) is 0. The van der Waals surface area contributed by atoms with E-state index in [0.717, 1.165) is 18.8 Å². The van der Waals surface area contributed by atoms with Crippen LogP contribution >= 0.6 is 48.4 Å². The van der Waals surface area contributed by atoms with Crippen molar-refractivity contribution in [2.75, 3.05) is 25.6 Å². The summed E-state index contributed by atoms with van der Waals surface area (Å²) in [4.78, 5) is 93.0. The van der Waals surface area contributed by atoms with Gasteiger partial charge in [-0.05, 0) is 174 Å². The summed E-state index contributed by atoms with van der Waals surface area (Å²) in [6.07, 6.45) is 6.14. The monoisotopic (exact) mass is 970 g/mol. The Morgan fingerprint density at radius 1 is 0.734 bits per heavy atom. The zero-order valence-corrected chi connectivity index (χ0v) is 41.7. The van der Waals surface area contributed by atoms with Gasteiger partial charge in [-0.25, -0.2) is 9.59 Å². The molecule has 8 atom stereocenters. The van der Waals surface area contributed by atoms with Crippen LogP contribution < -0.4 is 11.4 Å². The predicted molar refractivity (Wildman–Crippen MR) is 247 cm³/mol. The molecule has 2 bridgehead atoms. The fourth-order valence-corrected chi connectivity index (χ4v) is 11.5. The van der Waals surface area contributed by atoms with Crippen molar-refractivity contribution in [2.24, 2.45) is 45.3 Å². The van der Waals surface area contributed by atoms with Crippen LogP contribution in [0.1, 0.15) is 127 Å². The minimum Gasteiger partial charge on any atom is -0.481 e. The Balaban J connectivity index is 0.000000885. The van der Waals surface area contributed by atoms with Gasteiger partial charge >= 0.3 is 35.3 Å². The van der Waals surface area contributed by atoms with Crippen LogP contribution in [0.2, 0.25) is 0 Å². The van der Waals surface area contributed by atoms with E-state index in [4.69, 9.17) is 31.2 Å². The van der Waals surface area contributed by atoms with Crippen molar-refractivity contribution in [2.45, 2.75) is 143 Å². The molecule has 3 aliphatic carbocycles. The van der Waals surface area contributed by atoms with Crippen LogP contribution in [0.25, 0.3) is 0 Å². The zero-order chi connectivity index (χ0) is 47.8. The van der Waals surface area contributed by atoms with E-state index in [1.807, 2.05) is 6.92 Å². The molecule has 3 fully saturated rings. The molecule has 358 valence electrons. The normalized spacial score (nSPS) is 23.0. The molecule has 5 rings (SSSR count). The number of aromatic amines is 5. The summed E-state index contributed by atoms with van der Waals surface area (Å²) in [6.45, 7) is 15.9. The first-order valence-corrected chi connectivity index (χ1v) is 24.1. The molecule has 0 aliphatic heterocycles. The van der Waals surface area contributed by atoms with Gasteiger partial charge in [-0.15, -0.1) is 0 Å². The number of nitrogens with zero attached hydrogens (tertiary/aromatic N) is 1. The first-order valence-electron chi connectivity index (χ1n) is 21.9. The van der Waals surface area contributed by atoms with E-state index in [-0.39, 0.29) is 58.6 Å². The molecule has 0 aromatic carbocycles. The molecule has 0 amide bonds. The van der Waals surface area contributed by atoms with Gasteiger partial charge in [0, 0.05) is 12.4 Å². The number of fused-ring (bicyclic) bond motifs is 5. The van der Waals surface area contributed by atoms with Crippen molar-refractivity contribution in [1.82, 2.24) is 29.9 Å². The van der Waals surface area contributed by atoms with Crippen LogP contribution in [0.4, 0.5) is 0 Å². The van der Waals surface area contributed by atoms with Gasteiger partial charge in [-0.1, -0.05) is 25.1 Å². The first kappa shape index (κ1) is 53.1. The lowest BCUT2D eigenvalue weighted by Gasteiger charge is -2.42. The number of aromatic nitrogens is 6. The van der Waals surface area contributed by atoms with E-state index in [1.54, 1.807) is 55.4 Å². The molecule has 3 saturated carbocycles. The van der Waals surface area contributed by atoms with E-state index in [1.165, 1.54) is 31.0 Å². The summed E-state index contributed by atoms with van der Waals surface area (Å²) in [5, 5.41) is 11.2. The number of carbonyl (C=O) groups excluding carboxylic acids is 3. The van der Waals surface area contributed by atoms with E-state index < -0.39 is 56.8 Å². The molecule has 17 nitrogen and oxygen atoms in total. The number of H-pyrrole nitrogens is 5. The predicted octanol–water partition coefficient (Wildman–Crippen LogP) is 7.78. The first-order chi connectivity index (χ1) is 29.7. The Bertz CT molecular complexity index is 2180. The number of carboxylic acid groups (broad SMARTS) is 1. The van der Waals surface area contributed by atoms with Crippen molar-refractivity contribution < 1.29 is 43.2 Å². The van der Waals surface area contributed by atoms with Crippen LogP contribution in [-0.2, 0) is 38.1 Å². The van der Waals surface area contributed by atoms with Crippen molar-refractivity contribution in [3.8, 4) is 0 Å². The summed E-state index contributed by atoms with van der Waals surface area (Å²) in [5.74, 6) is 0.198. The highest BCUT2D eigenvalue weighted by Crippen LogP contribution is 2.60. The number of hydrogen-bond acceptors (Lipinski definition) is 15. The maximum absolute atomic E-state index is 14.2. The molecule has 64 heavy (non-hydrogen) atoms. The summed E-state index contributed by atoms with van der Waals surface area (Å²) < 4.78 is 24.1. The lowest BCUT2D eigenvalue weighted by Crippen LogP contribution is -2.47. The Labute approximate surface area is 393 Å². The smallest absolute Gasteiger partial charge is 0.327 e. The van der Waals surface area contributed by atoms with Gasteiger partial charge < -0.3 is 29.0 Å². The number of aliphatic carboxylic acids is 1. The Morgan fingerprint density at radius 3 is 1.95 bits per heavy atom. The van der Waals surface area contributed by atoms with Gasteiger partial charge in [0.1, 0.15) is 18.3 Å². The van der Waals surface area contributed by atoms with Crippen LogP contribution in [-0.4, -0.2) is 96.2 Å². The van der Waals surface area contributed by atoms with E-state index in [0.29, 0.717) is 48.1 Å². The molecule has 0 spiro atoms. The van der Waals surface area contributed by atoms with Gasteiger partial charge in [-0.2, -0.15) is 4.98 Å². The lowest BCUT2D eigenvalue weighted by molar-refractivity contribution is -0.175. The third-order valence-electron chi connectivity index (χ3n) is 12.7. The number of carboxylic acids is 1. The molecular weight excluding hydrogens is 905 g/mol. The molecule has 21 heteroatoms. The summed E-state index contributed by atoms with van der Waals surface area (Å²) in [7, 11) is 0. The molecule has 0 saturated heterocycles. The largest absolute Gasteiger partial charge is 0.481 e. The lowest BCUT2D eigenvalue weighted by atomic mass is 9.61. The van der Waals surface area contributed by atoms with Crippen LogP contribution in [0, 0.1) is 59.6 Å². The van der Waals surface area contributed by atoms with Crippen molar-refractivity contribution in [1.29, 1.82) is 0 Å². The van der Waals surface area contributed by atoms with Crippen LogP contribution in [0.5, 0.6) is 0 Å². The Morgan fingerprint density at radius 2 is 1.36 bits per heavy atom. The van der Waals surface area contributed by atoms with Gasteiger partial charge in [0.25, 0.3) is 0 Å². The van der Waals surface area contributed by atoms with Crippen LogP contribution in [0.3, 0.4) is 0 Å². The van der Waals surface area contributed by atoms with Gasteiger partial charge in [0.15, 0.2) is 14.7 Å². The van der Waals surface area contributed by atoms with Gasteiger partial charge in [0.05, 0.1) is 28.3 Å². The second-order valence-electron chi connectivity index (χ2n) is 20.0. The van der Waals surface area contributed by atoms with Crippen molar-refractivity contribution >= 4 is 72.3 Å². The Hall–Kier alpha value is -3.53. The van der Waals surface area contributed by atoms with Crippen molar-refractivity contribution in [3.63, 3.8) is 0 Å². The van der Waals surface area contributed by atoms with Crippen molar-refractivity contribution in [3.05, 3.63) is 35.3 Å². The van der Waals surface area contributed by atoms with Gasteiger partial charge in [-0.3, -0.25) is 39.1 Å². The highest BCUT2D eigenvalue weighted by Gasteiger charge is 2.57. The topological polar surface area (TPSA) is 251 Å². The molecule has 8 unspecified atom stereocenters. The highest BCUT2D eigenvalue weighted by molar-refractivity contribution is 7.99. The van der Waals surface area contributed by atoms with E-state index >= 15 is 0 Å². The molecule has 2 aromatic heterocycles. The molecule has 6 N–H and O–H groups in total. The molecule has 2 aromatic rings. The average molecular weight is 971 g/mol. The fraction of sp³-hybridized carbons (Fsp3) is 0.767. The quantitative estimate of drug-likeness (QED) is 0.0244. The van der Waals surface area contributed by atoms with Gasteiger partial charge in [0.2, 0.25) is 4.77 Å². The number of thioether (sulfide) groups is 1. The zero-order valence-electron chi connectivity index (χ0n) is 38.4. The molecular formula is C43H66N6O11S4. The fourth-order valence-electron chi connectivity index (χ4n) is 10.0. The van der Waals surface area contributed by atoms with E-state index in [2.05, 4.69) is 54.3 Å². The maximum Gasteiger partial charge on any atom is 0.327 e. The second kappa shape index (κ2) is 21.8. The number of nitrogens with one attached hydrogen (secondary N) is 5. The summed E-state index contributed by atoms with van der Waals surface area (Å²) >= 11 is 15.4. The third kappa shape index (κ3) is 14.5. The minimum absolute atomic E-state index is 0.0276. The minimum atomic E-state index is -1.58. The number of esters is 3. The van der Waals surface area contributed by atoms with E-state index in [9.17, 15) is 33.9 Å². The molecule has 0 radical (unpaired) electrons. The standard InChI is InChI=1S/C40H63N3O10S2.C3H3N3OS2/c1-10-38(7,32(48)53-36(2,3)4)22-39(8,29(44)45)23-40(9,31(47)51-17-16-50-15-12-18-55-35-42-33(49)41-34(54)43-35)21-37(5,6)30(46)52-28-20-24-19-27(28)26-14-11-13-25(24)26;7-1-4-2(8)6-3(9)5-1/h24-28H,10-23H2,1-9H3,(H,44,45)(H2,41,42,43,49,54);(H3,4,5,6,7,8,9). The highest BCUT2D eigenvalue weighted by atomic mass is 32.2. The molecule has 2 heterocycles. The summed E-state index contributed by atoms with van der Waals surface area (Å²) in [5.41, 5.74) is -6.94. The number of rotatable bonds is 20. The van der Waals surface area contributed by atoms with Crippen LogP contribution in [0.15, 0.2) is 14.7 Å². The molecule has 3 aliphatic rings. The number of ether oxygens (including phenoxy) is 4. The Kier molecular flexibility index (Phi) is 18.1.